The second kappa shape index (κ2) is 6.23. The van der Waals surface area contributed by atoms with Crippen molar-refractivity contribution in [1.29, 1.82) is 0 Å². The highest BCUT2D eigenvalue weighted by molar-refractivity contribution is 5.26. The number of benzene rings is 1. The lowest BCUT2D eigenvalue weighted by atomic mass is 9.64. The third-order valence-electron chi connectivity index (χ3n) is 4.64. The zero-order chi connectivity index (χ0) is 14.8. The SMILES string of the molecule is CCOC1CC(NCCc2ccc(F)cc2C)C1(C)C. The highest BCUT2D eigenvalue weighted by Gasteiger charge is 2.48. The quantitative estimate of drug-likeness (QED) is 0.861. The molecule has 20 heavy (non-hydrogen) atoms. The van der Waals surface area contributed by atoms with Gasteiger partial charge in [-0.3, -0.25) is 0 Å². The van der Waals surface area contributed by atoms with Crippen LogP contribution < -0.4 is 5.32 Å². The van der Waals surface area contributed by atoms with Gasteiger partial charge in [-0.1, -0.05) is 19.9 Å². The monoisotopic (exact) mass is 279 g/mol. The van der Waals surface area contributed by atoms with Gasteiger partial charge in [-0.2, -0.15) is 0 Å². The van der Waals surface area contributed by atoms with E-state index in [4.69, 9.17) is 4.74 Å². The average molecular weight is 279 g/mol. The van der Waals surface area contributed by atoms with Gasteiger partial charge in [0, 0.05) is 18.1 Å². The van der Waals surface area contributed by atoms with E-state index in [0.29, 0.717) is 12.1 Å². The van der Waals surface area contributed by atoms with Crippen LogP contribution in [0.2, 0.25) is 0 Å². The van der Waals surface area contributed by atoms with Crippen molar-refractivity contribution in [2.45, 2.75) is 52.7 Å². The first-order valence-corrected chi connectivity index (χ1v) is 7.55. The summed E-state index contributed by atoms with van der Waals surface area (Å²) < 4.78 is 18.8. The van der Waals surface area contributed by atoms with Crippen LogP contribution in [0.15, 0.2) is 18.2 Å². The van der Waals surface area contributed by atoms with Crippen molar-refractivity contribution in [3.63, 3.8) is 0 Å². The molecule has 1 fully saturated rings. The maximum Gasteiger partial charge on any atom is 0.123 e. The number of halogens is 1. The van der Waals surface area contributed by atoms with Crippen LogP contribution in [-0.4, -0.2) is 25.3 Å². The molecule has 1 saturated carbocycles. The first-order valence-electron chi connectivity index (χ1n) is 7.55. The fourth-order valence-electron chi connectivity index (χ4n) is 3.04. The van der Waals surface area contributed by atoms with Crippen molar-refractivity contribution in [2.24, 2.45) is 5.41 Å². The maximum atomic E-state index is 13.0. The van der Waals surface area contributed by atoms with Gasteiger partial charge in [-0.05, 0) is 56.5 Å². The molecular formula is C17H26FNO. The first kappa shape index (κ1) is 15.5. The zero-order valence-electron chi connectivity index (χ0n) is 13.0. The Kier molecular flexibility index (Phi) is 4.82. The summed E-state index contributed by atoms with van der Waals surface area (Å²) in [5, 5.41) is 3.61. The standard InChI is InChI=1S/C17H26FNO/c1-5-20-16-11-15(17(16,3)4)19-9-8-13-6-7-14(18)10-12(13)2/h6-7,10,15-16,19H,5,8-9,11H2,1-4H3. The van der Waals surface area contributed by atoms with Gasteiger partial charge in [-0.25, -0.2) is 4.39 Å². The van der Waals surface area contributed by atoms with Crippen LogP contribution in [0.25, 0.3) is 0 Å². The van der Waals surface area contributed by atoms with E-state index in [-0.39, 0.29) is 11.2 Å². The highest BCUT2D eigenvalue weighted by Crippen LogP contribution is 2.42. The van der Waals surface area contributed by atoms with Crippen LogP contribution >= 0.6 is 0 Å². The number of hydrogen-bond donors (Lipinski definition) is 1. The van der Waals surface area contributed by atoms with E-state index in [9.17, 15) is 4.39 Å². The smallest absolute Gasteiger partial charge is 0.123 e. The van der Waals surface area contributed by atoms with Crippen molar-refractivity contribution >= 4 is 0 Å². The molecule has 0 amide bonds. The predicted molar refractivity (Wildman–Crippen MR) is 80.4 cm³/mol. The minimum Gasteiger partial charge on any atom is -0.378 e. The molecule has 1 aromatic rings. The van der Waals surface area contributed by atoms with E-state index in [1.54, 1.807) is 12.1 Å². The van der Waals surface area contributed by atoms with Gasteiger partial charge < -0.3 is 10.1 Å². The van der Waals surface area contributed by atoms with E-state index >= 15 is 0 Å². The molecule has 3 heteroatoms. The van der Waals surface area contributed by atoms with Crippen LogP contribution in [0.5, 0.6) is 0 Å². The van der Waals surface area contributed by atoms with Crippen molar-refractivity contribution < 1.29 is 9.13 Å². The van der Waals surface area contributed by atoms with Crippen LogP contribution in [-0.2, 0) is 11.2 Å². The van der Waals surface area contributed by atoms with Crippen LogP contribution in [0.4, 0.5) is 4.39 Å². The summed E-state index contributed by atoms with van der Waals surface area (Å²) in [6, 6.07) is 5.55. The lowest BCUT2D eigenvalue weighted by Gasteiger charge is -2.52. The fraction of sp³-hybridized carbons (Fsp3) is 0.647. The van der Waals surface area contributed by atoms with Crippen molar-refractivity contribution in [2.75, 3.05) is 13.2 Å². The zero-order valence-corrected chi connectivity index (χ0v) is 13.0. The molecular weight excluding hydrogens is 253 g/mol. The minimum absolute atomic E-state index is 0.154. The van der Waals surface area contributed by atoms with E-state index in [0.717, 1.165) is 31.6 Å². The molecule has 0 saturated heterocycles. The predicted octanol–water partition coefficient (Wildman–Crippen LogP) is 3.47. The van der Waals surface area contributed by atoms with Gasteiger partial charge in [0.15, 0.2) is 0 Å². The number of hydrogen-bond acceptors (Lipinski definition) is 2. The van der Waals surface area contributed by atoms with E-state index in [2.05, 4.69) is 19.2 Å². The molecule has 2 unspecified atom stereocenters. The number of rotatable bonds is 6. The Morgan fingerprint density at radius 1 is 1.40 bits per heavy atom. The second-order valence-electron chi connectivity index (χ2n) is 6.33. The Labute approximate surface area is 121 Å². The summed E-state index contributed by atoms with van der Waals surface area (Å²) >= 11 is 0. The summed E-state index contributed by atoms with van der Waals surface area (Å²) in [5.41, 5.74) is 2.46. The average Bonchev–Trinajstić information content (AvgIpc) is 2.39. The molecule has 0 bridgehead atoms. The summed E-state index contributed by atoms with van der Waals surface area (Å²) in [4.78, 5) is 0. The van der Waals surface area contributed by atoms with Crippen LogP contribution in [0.3, 0.4) is 0 Å². The molecule has 2 atom stereocenters. The third kappa shape index (κ3) is 3.21. The first-order chi connectivity index (χ1) is 9.45. The largest absolute Gasteiger partial charge is 0.378 e. The second-order valence-corrected chi connectivity index (χ2v) is 6.33. The van der Waals surface area contributed by atoms with E-state index in [1.807, 2.05) is 19.9 Å². The molecule has 0 spiro atoms. The molecule has 1 N–H and O–H groups in total. The molecule has 0 aromatic heterocycles. The normalized spacial score (nSPS) is 24.4. The Bertz CT molecular complexity index is 458. The van der Waals surface area contributed by atoms with Crippen LogP contribution in [0.1, 0.15) is 38.3 Å². The molecule has 0 radical (unpaired) electrons. The van der Waals surface area contributed by atoms with Gasteiger partial charge in [0.1, 0.15) is 5.82 Å². The van der Waals surface area contributed by atoms with Gasteiger partial charge in [0.05, 0.1) is 6.10 Å². The molecule has 2 rings (SSSR count). The number of aryl methyl sites for hydroxylation is 1. The topological polar surface area (TPSA) is 21.3 Å². The molecule has 0 heterocycles. The molecule has 1 aliphatic carbocycles. The van der Waals surface area contributed by atoms with Gasteiger partial charge in [0.25, 0.3) is 0 Å². The summed E-state index contributed by atoms with van der Waals surface area (Å²) in [5.74, 6) is -0.154. The Hall–Kier alpha value is -0.930. The van der Waals surface area contributed by atoms with Gasteiger partial charge >= 0.3 is 0 Å². The molecule has 1 aromatic carbocycles. The van der Waals surface area contributed by atoms with E-state index < -0.39 is 0 Å². The minimum atomic E-state index is -0.154. The Morgan fingerprint density at radius 2 is 2.15 bits per heavy atom. The number of nitrogens with one attached hydrogen (secondary N) is 1. The van der Waals surface area contributed by atoms with Crippen molar-refractivity contribution in [3.8, 4) is 0 Å². The summed E-state index contributed by atoms with van der Waals surface area (Å²) in [6.45, 7) is 10.3. The number of ether oxygens (including phenoxy) is 1. The Balaban J connectivity index is 1.80. The lowest BCUT2D eigenvalue weighted by Crippen LogP contribution is -2.61. The highest BCUT2D eigenvalue weighted by atomic mass is 19.1. The van der Waals surface area contributed by atoms with Gasteiger partial charge in [-0.15, -0.1) is 0 Å². The van der Waals surface area contributed by atoms with Crippen LogP contribution in [0, 0.1) is 18.2 Å². The maximum absolute atomic E-state index is 13.0. The molecule has 112 valence electrons. The molecule has 2 nitrogen and oxygen atoms in total. The molecule has 1 aliphatic rings. The lowest BCUT2D eigenvalue weighted by molar-refractivity contribution is -0.113. The van der Waals surface area contributed by atoms with Gasteiger partial charge in [0.2, 0.25) is 0 Å². The van der Waals surface area contributed by atoms with E-state index in [1.165, 1.54) is 5.56 Å². The molecule has 0 aliphatic heterocycles. The van der Waals surface area contributed by atoms with Crippen molar-refractivity contribution in [3.05, 3.63) is 35.1 Å². The fourth-order valence-corrected chi connectivity index (χ4v) is 3.04. The summed E-state index contributed by atoms with van der Waals surface area (Å²) in [7, 11) is 0. The Morgan fingerprint density at radius 3 is 2.75 bits per heavy atom. The summed E-state index contributed by atoms with van der Waals surface area (Å²) in [6.07, 6.45) is 2.40. The third-order valence-corrected chi connectivity index (χ3v) is 4.64. The van der Waals surface area contributed by atoms with Crippen molar-refractivity contribution in [1.82, 2.24) is 5.32 Å².